The Balaban J connectivity index is 1.33. The second kappa shape index (κ2) is 16.4. The summed E-state index contributed by atoms with van der Waals surface area (Å²) in [5.41, 5.74) is 12.7. The van der Waals surface area contributed by atoms with E-state index >= 15 is 0 Å². The van der Waals surface area contributed by atoms with E-state index in [0.717, 1.165) is 97.4 Å². The zero-order valence-electron chi connectivity index (χ0n) is 40.4. The van der Waals surface area contributed by atoms with Crippen LogP contribution < -0.4 is 0 Å². The fraction of sp³-hybridized carbons (Fsp3) is 0. The Kier molecular flexibility index (Phi) is 9.22. The van der Waals surface area contributed by atoms with Crippen molar-refractivity contribution in [3.8, 4) is 63.7 Å². The van der Waals surface area contributed by atoms with E-state index in [1.807, 2.05) is 140 Å². The topological polar surface area (TPSA) is 152 Å². The van der Waals surface area contributed by atoms with Crippen LogP contribution in [0.15, 0.2) is 194 Å². The summed E-state index contributed by atoms with van der Waals surface area (Å²) < 4.78 is 9.89. The van der Waals surface area contributed by atoms with Crippen LogP contribution in [0.1, 0.15) is 27.8 Å². The van der Waals surface area contributed by atoms with Gasteiger partial charge in [0, 0.05) is 43.1 Å². The number of fused-ring (bicyclic) bond motifs is 13. The van der Waals surface area contributed by atoms with Crippen LogP contribution in [0, 0.1) is 56.7 Å². The average Bonchev–Trinajstić information content (AvgIpc) is 4.51. The molecule has 0 atom stereocenters. The Morgan fingerprint density at radius 1 is 0.312 bits per heavy atom. The van der Waals surface area contributed by atoms with Gasteiger partial charge in [0.05, 0.1) is 135 Å². The molecule has 0 amide bonds. The van der Waals surface area contributed by atoms with Crippen molar-refractivity contribution < 1.29 is 0 Å². The first kappa shape index (κ1) is 43.3. The average molecular weight is 997 g/mol. The number of thiazole rings is 1. The van der Waals surface area contributed by atoms with Crippen LogP contribution in [0.5, 0.6) is 0 Å². The van der Waals surface area contributed by atoms with Gasteiger partial charge in [0.1, 0.15) is 11.1 Å². The molecule has 5 heterocycles. The van der Waals surface area contributed by atoms with Crippen LogP contribution in [0.4, 0.5) is 0 Å². The fourth-order valence-corrected chi connectivity index (χ4v) is 13.0. The highest BCUT2D eigenvalue weighted by molar-refractivity contribution is 7.21. The zero-order valence-corrected chi connectivity index (χ0v) is 41.2. The second-order valence-corrected chi connectivity index (χ2v) is 20.1. The molecule has 0 spiro atoms. The largest absolute Gasteiger partial charge is 0.306 e. The maximum Gasteiger partial charge on any atom is 0.128 e. The van der Waals surface area contributed by atoms with Gasteiger partial charge in [-0.25, -0.2) is 4.98 Å². The van der Waals surface area contributed by atoms with Crippen molar-refractivity contribution in [3.63, 3.8) is 0 Å². The highest BCUT2D eigenvalue weighted by Gasteiger charge is 2.36. The lowest BCUT2D eigenvalue weighted by atomic mass is 9.97. The third kappa shape index (κ3) is 6.02. The summed E-state index contributed by atoms with van der Waals surface area (Å²) in [5, 5.41) is 62.0. The van der Waals surface area contributed by atoms with Gasteiger partial charge in [0.15, 0.2) is 0 Å². The molecule has 0 radical (unpaired) electrons. The quantitative estimate of drug-likeness (QED) is 0.167. The molecule has 0 aliphatic heterocycles. The molecule has 352 valence electrons. The molecule has 0 saturated heterocycles. The third-order valence-electron chi connectivity index (χ3n) is 15.1. The first-order valence-corrected chi connectivity index (χ1v) is 25.6. The third-order valence-corrected chi connectivity index (χ3v) is 16.2. The minimum atomic E-state index is 0.330. The molecule has 11 heteroatoms. The van der Waals surface area contributed by atoms with Gasteiger partial charge < -0.3 is 18.3 Å². The van der Waals surface area contributed by atoms with Crippen LogP contribution in [0.3, 0.4) is 0 Å². The molecule has 5 aromatic heterocycles. The molecule has 15 rings (SSSR count). The molecule has 77 heavy (non-hydrogen) atoms. The van der Waals surface area contributed by atoms with Crippen molar-refractivity contribution in [1.82, 2.24) is 23.3 Å². The van der Waals surface area contributed by atoms with Crippen LogP contribution in [-0.4, -0.2) is 23.3 Å². The minimum Gasteiger partial charge on any atom is -0.306 e. The number of aromatic nitrogens is 5. The molecule has 0 fully saturated rings. The molecule has 0 N–H and O–H groups in total. The molecule has 15 aromatic rings. The van der Waals surface area contributed by atoms with Crippen molar-refractivity contribution in [2.24, 2.45) is 0 Å². The van der Waals surface area contributed by atoms with Crippen molar-refractivity contribution in [1.29, 1.82) is 26.3 Å². The van der Waals surface area contributed by atoms with Crippen LogP contribution in [0.25, 0.3) is 131 Å². The van der Waals surface area contributed by atoms with Crippen molar-refractivity contribution in [3.05, 3.63) is 222 Å². The molecular formula is C66H32N10S. The highest BCUT2D eigenvalue weighted by atomic mass is 32.1. The Hall–Kier alpha value is -11.3. The number of hydrogen-bond donors (Lipinski definition) is 0. The van der Waals surface area contributed by atoms with E-state index in [1.54, 1.807) is 0 Å². The van der Waals surface area contributed by atoms with E-state index in [-0.39, 0.29) is 0 Å². The summed E-state index contributed by atoms with van der Waals surface area (Å²) in [6, 6.07) is 76.2. The number of nitrogens with zero attached hydrogens (tertiary/aromatic N) is 10. The van der Waals surface area contributed by atoms with Gasteiger partial charge in [-0.05, 0) is 109 Å². The van der Waals surface area contributed by atoms with Crippen LogP contribution >= 0.6 is 11.3 Å². The van der Waals surface area contributed by atoms with E-state index < -0.39 is 0 Å². The van der Waals surface area contributed by atoms with Crippen molar-refractivity contribution >= 4 is 109 Å². The van der Waals surface area contributed by atoms with Gasteiger partial charge in [-0.15, -0.1) is 11.3 Å². The van der Waals surface area contributed by atoms with Gasteiger partial charge in [0.2, 0.25) is 0 Å². The van der Waals surface area contributed by atoms with Crippen molar-refractivity contribution in [2.75, 3.05) is 0 Å². The maximum atomic E-state index is 12.7. The van der Waals surface area contributed by atoms with E-state index in [4.69, 9.17) is 4.98 Å². The van der Waals surface area contributed by atoms with Gasteiger partial charge in [0.25, 0.3) is 0 Å². The highest BCUT2D eigenvalue weighted by Crippen LogP contribution is 2.52. The van der Waals surface area contributed by atoms with Gasteiger partial charge in [-0.1, -0.05) is 84.9 Å². The maximum absolute atomic E-state index is 12.7. The van der Waals surface area contributed by atoms with E-state index in [2.05, 4.69) is 103 Å². The van der Waals surface area contributed by atoms with E-state index in [1.165, 1.54) is 11.3 Å². The SMILES string of the molecule is N#Cc1ccc2c(c1)c1ccccc1n2-c1c(C#N)c(-c2nc3ccccc3s2)c(-n2c3ccccc3c3cc(C#N)ccc32)c(-n2c3ccccc3c3cc(C#N)ccc32)c1-n1c2ccccc2c2cc(C#N)ccc21. The predicted octanol–water partition coefficient (Wildman–Crippen LogP) is 15.7. The molecular weight excluding hydrogens is 965 g/mol. The molecule has 0 unspecified atom stereocenters. The first-order valence-electron chi connectivity index (χ1n) is 24.7. The van der Waals surface area contributed by atoms with Crippen LogP contribution in [-0.2, 0) is 0 Å². The number of para-hydroxylation sites is 5. The van der Waals surface area contributed by atoms with Gasteiger partial charge >= 0.3 is 0 Å². The molecule has 0 bridgehead atoms. The normalized spacial score (nSPS) is 11.6. The first-order chi connectivity index (χ1) is 38.0. The number of benzene rings is 10. The Labute approximate surface area is 441 Å². The monoisotopic (exact) mass is 996 g/mol. The Morgan fingerprint density at radius 3 is 1.01 bits per heavy atom. The number of rotatable bonds is 5. The van der Waals surface area contributed by atoms with E-state index in [0.29, 0.717) is 61.1 Å². The molecule has 0 aliphatic carbocycles. The molecule has 10 aromatic carbocycles. The predicted molar refractivity (Wildman–Crippen MR) is 306 cm³/mol. The molecule has 10 nitrogen and oxygen atoms in total. The molecule has 0 saturated carbocycles. The summed E-state index contributed by atoms with van der Waals surface area (Å²) in [5.74, 6) is 0. The smallest absolute Gasteiger partial charge is 0.128 e. The summed E-state index contributed by atoms with van der Waals surface area (Å²) in [6.45, 7) is 0. The Bertz CT molecular complexity index is 5340. The number of nitriles is 5. The Morgan fingerprint density at radius 2 is 0.636 bits per heavy atom. The molecule has 0 aliphatic rings. The number of hydrogen-bond acceptors (Lipinski definition) is 7. The standard InChI is InChI=1S/C66H32N10S/c67-33-38-21-25-56-46(29-38)42-11-1-6-16-52(42)73(56)62-50(37-71)61(66-72-51-15-5-10-20-60(51)77-66)63(74-53-17-7-2-12-43(53)47-30-39(34-68)22-26-57(47)74)65(76-55-19-9-4-14-45(55)49-32-41(36-70)24-28-59(49)76)64(62)75-54-18-8-3-13-44(54)48-31-40(35-69)23-27-58(48)75/h1-32H. The minimum absolute atomic E-state index is 0.330. The van der Waals surface area contributed by atoms with Crippen LogP contribution in [0.2, 0.25) is 0 Å². The zero-order chi connectivity index (χ0) is 51.6. The summed E-state index contributed by atoms with van der Waals surface area (Å²) >= 11 is 1.51. The lowest BCUT2D eigenvalue weighted by Crippen LogP contribution is -2.16. The van der Waals surface area contributed by atoms with Gasteiger partial charge in [-0.3, -0.25) is 0 Å². The fourth-order valence-electron chi connectivity index (χ4n) is 12.0. The lowest BCUT2D eigenvalue weighted by Gasteiger charge is -2.29. The van der Waals surface area contributed by atoms with Gasteiger partial charge in [-0.2, -0.15) is 26.3 Å². The summed E-state index contributed by atoms with van der Waals surface area (Å²) in [4.78, 5) is 5.48. The van der Waals surface area contributed by atoms with E-state index in [9.17, 15) is 26.3 Å². The second-order valence-electron chi connectivity index (χ2n) is 19.0. The summed E-state index contributed by atoms with van der Waals surface area (Å²) in [7, 11) is 0. The van der Waals surface area contributed by atoms with Crippen molar-refractivity contribution in [2.45, 2.75) is 0 Å². The lowest BCUT2D eigenvalue weighted by molar-refractivity contribution is 1.02. The summed E-state index contributed by atoms with van der Waals surface area (Å²) in [6.07, 6.45) is 0.